The normalized spacial score (nSPS) is 9.40. The second kappa shape index (κ2) is 110. The van der Waals surface area contributed by atoms with Crippen molar-refractivity contribution in [3.05, 3.63) is 305 Å². The molecule has 0 atom stereocenters. The van der Waals surface area contributed by atoms with Crippen LogP contribution in [-0.4, -0.2) is 101 Å². The minimum Gasteiger partial charge on any atom is -0.394 e. The molecule has 137 heavy (non-hydrogen) atoms. The maximum Gasteiger partial charge on any atom is 2.00 e. The summed E-state index contributed by atoms with van der Waals surface area (Å²) in [7, 11) is -11.4. The topological polar surface area (TPSA) is 205 Å². The van der Waals surface area contributed by atoms with Crippen LogP contribution in [0, 0.1) is 73.3 Å². The zero-order valence-electron chi connectivity index (χ0n) is 93.9. The Morgan fingerprint density at radius 3 is 0.372 bits per heavy atom. The Morgan fingerprint density at radius 1 is 0.226 bits per heavy atom. The number of carbonyl (C=O) groups excluding carboxylic acids is 4. The van der Waals surface area contributed by atoms with E-state index >= 15 is 0 Å². The molecule has 0 aliphatic carbocycles. The van der Waals surface area contributed by atoms with Crippen LogP contribution >= 0.6 is 0 Å². The molecule has 0 heterocycles. The maximum absolute atomic E-state index is 10.7. The van der Waals surface area contributed by atoms with Gasteiger partial charge in [0.25, 0.3) is 0 Å². The summed E-state index contributed by atoms with van der Waals surface area (Å²) in [5, 5.41) is 5.24. The monoisotopic (exact) mass is 2660 g/mol. The summed E-state index contributed by atoms with van der Waals surface area (Å²) in [5.74, 6) is 0.972. The first-order chi connectivity index (χ1) is 60.4. The van der Waals surface area contributed by atoms with Gasteiger partial charge in [-0.3, -0.25) is 19.2 Å². The van der Waals surface area contributed by atoms with Crippen LogP contribution < -0.4 is 0 Å². The first kappa shape index (κ1) is 183. The molecule has 0 radical (unpaired) electrons. The summed E-state index contributed by atoms with van der Waals surface area (Å²) in [6.45, 7) is 111. The van der Waals surface area contributed by atoms with Gasteiger partial charge in [0.1, 0.15) is 23.1 Å². The van der Waals surface area contributed by atoms with Gasteiger partial charge in [0.2, 0.25) is 0 Å². The summed E-state index contributed by atoms with van der Waals surface area (Å²) in [6, 6.07) is 78.4. The fraction of sp³-hybridized carbons (Fsp3) is 0.487. The van der Waals surface area contributed by atoms with Gasteiger partial charge in [0.15, 0.2) is 39.3 Å². The van der Waals surface area contributed by atoms with Crippen LogP contribution in [0.1, 0.15) is 323 Å². The second-order valence-electron chi connectivity index (χ2n) is 33.5. The zero-order valence-corrected chi connectivity index (χ0v) is 109. The number of rotatable bonds is 4. The van der Waals surface area contributed by atoms with Crippen LogP contribution in [0.2, 0.25) is 0 Å². The van der Waals surface area contributed by atoms with E-state index < -0.39 is 58.3 Å². The van der Waals surface area contributed by atoms with Gasteiger partial charge < -0.3 is 87.1 Å². The number of sulfone groups is 4. The molecule has 0 saturated carbocycles. The Labute approximate surface area is 907 Å². The number of allylic oxidation sites excluding steroid dienone is 4. The minimum absolute atomic E-state index is 0. The summed E-state index contributed by atoms with van der Waals surface area (Å²) in [5.41, 5.74) is 1.32. The van der Waals surface area contributed by atoms with E-state index in [1.165, 1.54) is 83.0 Å². The molecule has 0 aliphatic heterocycles. The molecular weight excluding hydrogens is 2460 g/mol. The third-order valence-electron chi connectivity index (χ3n) is 15.4. The number of hydrogen-bond donors (Lipinski definition) is 0. The second-order valence-corrected chi connectivity index (χ2v) is 44.6. The van der Waals surface area contributed by atoms with Gasteiger partial charge in [-0.05, 0) is 132 Å². The molecule has 0 unspecified atom stereocenters. The molecule has 0 spiro atoms. The van der Waals surface area contributed by atoms with Gasteiger partial charge in [0.05, 0.1) is 19.0 Å². The van der Waals surface area contributed by atoms with Crippen molar-refractivity contribution in [2.45, 2.75) is 331 Å². The number of hydrogen-bond acceptors (Lipinski definition) is 12. The zero-order chi connectivity index (χ0) is 109. The van der Waals surface area contributed by atoms with E-state index in [1.807, 2.05) is 315 Å². The summed E-state index contributed by atoms with van der Waals surface area (Å²) in [6.07, 6.45) is 13.1. The molecule has 20 heteroatoms. The molecule has 0 aliphatic rings. The van der Waals surface area contributed by atoms with Gasteiger partial charge in [-0.15, -0.1) is 12.1 Å². The molecule has 0 fully saturated rings. The molecule has 0 amide bonds. The third-order valence-corrected chi connectivity index (χ3v) is 24.3. The smallest absolute Gasteiger partial charge is 0.394 e. The standard InChI is InChI=1S/2C10H8.2C8H6.4C6H12O.2C6H6.4C5H12O2S.2C4H4.8C2H6.CH4.4W/c2*1-2-6-10-8-4-3-7-9(10)5-1;2*1-2-8-6-4-3-5-7-8;4*1-5(7)6(2,3)4;2*1-2-4-6-5-3-1;4*1-5(2,3)8(4,6)7;2*1-3-4-2;8*1-2;;;;;/h2*1-8H;2*1-6H;4*1-4H3;2*1-6H;4*1-4H3;2*1-4H;8*1-2H3;1H4;;;;/q;;2*-2;;;;;;;;;;;2*-2;;;;;;;;;;4*+2. The summed E-state index contributed by atoms with van der Waals surface area (Å²) in [4.78, 5) is 41.9. The Balaban J connectivity index is -0.0000000546. The molecule has 0 N–H and O–H groups in total. The molecular formula is C117H196O12S4W4. The summed E-state index contributed by atoms with van der Waals surface area (Å²) < 4.78 is 82.9. The largest absolute Gasteiger partial charge is 2.00 e. The van der Waals surface area contributed by atoms with Crippen molar-refractivity contribution < 1.29 is 137 Å². The van der Waals surface area contributed by atoms with E-state index in [4.69, 9.17) is 39.5 Å². The number of benzene rings is 8. The maximum atomic E-state index is 10.7. The van der Waals surface area contributed by atoms with E-state index in [2.05, 4.69) is 109 Å². The number of carbonyl (C=O) groups is 4. The fourth-order valence-electron chi connectivity index (χ4n) is 4.06. The Hall–Kier alpha value is -6.05. The molecule has 8 aromatic rings. The fourth-order valence-corrected chi connectivity index (χ4v) is 4.06. The van der Waals surface area contributed by atoms with E-state index in [9.17, 15) is 52.8 Å². The first-order valence-corrected chi connectivity index (χ1v) is 52.9. The van der Waals surface area contributed by atoms with E-state index in [0.29, 0.717) is 0 Å². The van der Waals surface area contributed by atoms with Crippen molar-refractivity contribution in [1.82, 2.24) is 0 Å². The Morgan fingerprint density at radius 2 is 0.321 bits per heavy atom. The molecule has 12 nitrogen and oxygen atoms in total. The third kappa shape index (κ3) is 138. The van der Waals surface area contributed by atoms with Crippen LogP contribution in [-0.2, 0) is 143 Å². The molecule has 0 saturated heterocycles. The molecule has 0 aromatic heterocycles. The molecule has 784 valence electrons. The van der Waals surface area contributed by atoms with Crippen LogP contribution in [0.15, 0.2) is 243 Å². The minimum atomic E-state index is -2.84. The molecule has 8 aromatic carbocycles. The number of Topliss-reactive ketones (excluding diaryl/α,β-unsaturated/α-hetero) is 4. The Kier molecular flexibility index (Phi) is 147. The SMILES string of the molecule is C.CC.CC.CC.CC.CC.CC.CC.CC.CC(=O)C(C)(C)C.CC(=O)C(C)(C)C.CC(=O)C(C)(C)C.CC(=O)C(C)(C)C.CC(C)(C)S(C)(=O)=O.CC(C)(C)S(C)(=O)=O.CC(C)(C)S(C)(=O)=O.CC(C)(C)S(C)(=O)=O.[CH-]=CC=[CH-].[CH-]=CC=[CH-].[CH-]=Cc1[c-]cccc1.[CH-]=Cc1[c-]cccc1.[W+2].[W+2].[W+2].[W+2].c1ccc2ccccc2c1.c1ccc2ccccc2c1.c1ccccc1.c1ccccc1. The first-order valence-electron chi connectivity index (χ1n) is 45.3. The van der Waals surface area contributed by atoms with Crippen LogP contribution in [0.25, 0.3) is 33.7 Å². The average molecular weight is 2660 g/mol. The average Bonchev–Trinajstić information content (AvgIpc) is 0.891. The van der Waals surface area contributed by atoms with Crippen molar-refractivity contribution in [3.8, 4) is 0 Å². The van der Waals surface area contributed by atoms with Gasteiger partial charge in [0, 0.05) is 46.7 Å². The predicted octanol–water partition coefficient (Wildman–Crippen LogP) is 33.5. The molecule has 8 rings (SSSR count). The summed E-state index contributed by atoms with van der Waals surface area (Å²) >= 11 is 0. The quantitative estimate of drug-likeness (QED) is 0.119. The number of fused-ring (bicyclic) bond motifs is 2. The van der Waals surface area contributed by atoms with Gasteiger partial charge in [-0.25, -0.2) is 57.9 Å². The van der Waals surface area contributed by atoms with E-state index in [-0.39, 0.29) is 136 Å². The van der Waals surface area contributed by atoms with Crippen LogP contribution in [0.4, 0.5) is 0 Å². The van der Waals surface area contributed by atoms with E-state index in [0.717, 1.165) is 11.1 Å². The van der Waals surface area contributed by atoms with Gasteiger partial charge in [-0.2, -0.15) is 24.3 Å². The van der Waals surface area contributed by atoms with Crippen molar-refractivity contribution in [2.24, 2.45) is 21.7 Å². The predicted molar refractivity (Wildman–Crippen MR) is 601 cm³/mol. The van der Waals surface area contributed by atoms with Crippen molar-refractivity contribution in [1.29, 1.82) is 0 Å². The molecule has 0 bridgehead atoms. The number of ketones is 4. The van der Waals surface area contributed by atoms with Crippen LogP contribution in [0.5, 0.6) is 0 Å². The van der Waals surface area contributed by atoms with E-state index in [1.54, 1.807) is 111 Å². The van der Waals surface area contributed by atoms with Gasteiger partial charge in [-0.1, -0.05) is 371 Å². The Bertz CT molecular complexity index is 3860. The van der Waals surface area contributed by atoms with Crippen molar-refractivity contribution in [2.75, 3.05) is 25.0 Å². The van der Waals surface area contributed by atoms with Crippen molar-refractivity contribution in [3.63, 3.8) is 0 Å². The van der Waals surface area contributed by atoms with Crippen molar-refractivity contribution >= 4 is 96.2 Å². The van der Waals surface area contributed by atoms with Crippen LogP contribution in [0.3, 0.4) is 0 Å². The van der Waals surface area contributed by atoms with Gasteiger partial charge >= 0.3 is 84.3 Å².